The molecule has 0 saturated heterocycles. The van der Waals surface area contributed by atoms with Gasteiger partial charge in [-0.25, -0.2) is 4.98 Å². The number of benzene rings is 1. The molecule has 0 bridgehead atoms. The third-order valence-electron chi connectivity index (χ3n) is 5.09. The summed E-state index contributed by atoms with van der Waals surface area (Å²) in [5.74, 6) is 0.702. The fraction of sp³-hybridized carbons (Fsp3) is 0.167. The van der Waals surface area contributed by atoms with Crippen molar-refractivity contribution in [1.29, 1.82) is 0 Å². The second kappa shape index (κ2) is 8.96. The number of hydrogen-bond donors (Lipinski definition) is 2. The molecule has 0 unspecified atom stereocenters. The molecule has 0 aliphatic heterocycles. The van der Waals surface area contributed by atoms with E-state index in [4.69, 9.17) is 16.0 Å². The SMILES string of the molecule is Cc1cccc(N[C@@H](c2ccccc2Cl)c2c(NC(=O)c3ccco3)sc(C)c2C)n1. The first-order valence-corrected chi connectivity index (χ1v) is 11.0. The number of thiophene rings is 1. The molecule has 158 valence electrons. The van der Waals surface area contributed by atoms with Gasteiger partial charge in [0.1, 0.15) is 10.8 Å². The van der Waals surface area contributed by atoms with Crippen LogP contribution in [0.2, 0.25) is 5.02 Å². The van der Waals surface area contributed by atoms with Crippen molar-refractivity contribution in [3.63, 3.8) is 0 Å². The van der Waals surface area contributed by atoms with E-state index in [0.717, 1.165) is 38.1 Å². The molecule has 1 amide bonds. The van der Waals surface area contributed by atoms with E-state index in [9.17, 15) is 4.79 Å². The van der Waals surface area contributed by atoms with E-state index in [1.165, 1.54) is 17.6 Å². The van der Waals surface area contributed by atoms with Crippen molar-refractivity contribution in [2.45, 2.75) is 26.8 Å². The summed E-state index contributed by atoms with van der Waals surface area (Å²) in [5.41, 5.74) is 3.86. The van der Waals surface area contributed by atoms with Gasteiger partial charge in [-0.1, -0.05) is 35.9 Å². The number of nitrogens with one attached hydrogen (secondary N) is 2. The van der Waals surface area contributed by atoms with Crippen molar-refractivity contribution in [2.75, 3.05) is 10.6 Å². The third-order valence-corrected chi connectivity index (χ3v) is 6.57. The fourth-order valence-electron chi connectivity index (χ4n) is 3.44. The van der Waals surface area contributed by atoms with E-state index in [0.29, 0.717) is 5.02 Å². The molecule has 3 aromatic heterocycles. The van der Waals surface area contributed by atoms with E-state index < -0.39 is 0 Å². The molecular weight excluding hydrogens is 430 g/mol. The number of anilines is 2. The zero-order valence-corrected chi connectivity index (χ0v) is 19.0. The zero-order valence-electron chi connectivity index (χ0n) is 17.4. The predicted octanol–water partition coefficient (Wildman–Crippen LogP) is 6.77. The van der Waals surface area contributed by atoms with Crippen molar-refractivity contribution in [1.82, 2.24) is 4.98 Å². The number of carbonyl (C=O) groups excluding carboxylic acids is 1. The Balaban J connectivity index is 1.81. The largest absolute Gasteiger partial charge is 0.459 e. The highest BCUT2D eigenvalue weighted by molar-refractivity contribution is 7.16. The van der Waals surface area contributed by atoms with Gasteiger partial charge in [-0.15, -0.1) is 11.3 Å². The summed E-state index contributed by atoms with van der Waals surface area (Å²) in [4.78, 5) is 18.4. The average Bonchev–Trinajstić information content (AvgIpc) is 3.36. The Morgan fingerprint density at radius 3 is 2.58 bits per heavy atom. The Morgan fingerprint density at radius 1 is 1.06 bits per heavy atom. The van der Waals surface area contributed by atoms with Crippen molar-refractivity contribution >= 4 is 39.7 Å². The minimum Gasteiger partial charge on any atom is -0.459 e. The van der Waals surface area contributed by atoms with Crippen LogP contribution in [0.1, 0.15) is 43.9 Å². The molecule has 0 aliphatic carbocycles. The van der Waals surface area contributed by atoms with Crippen LogP contribution < -0.4 is 10.6 Å². The van der Waals surface area contributed by atoms with E-state index >= 15 is 0 Å². The molecule has 0 saturated carbocycles. The first kappa shape index (κ1) is 21.2. The predicted molar refractivity (Wildman–Crippen MR) is 126 cm³/mol. The smallest absolute Gasteiger partial charge is 0.291 e. The molecular formula is C24H22ClN3O2S. The number of pyridine rings is 1. The highest BCUT2D eigenvalue weighted by atomic mass is 35.5. The second-order valence-corrected chi connectivity index (χ2v) is 8.85. The lowest BCUT2D eigenvalue weighted by atomic mass is 9.96. The number of hydrogen-bond acceptors (Lipinski definition) is 5. The first-order valence-electron chi connectivity index (χ1n) is 9.83. The summed E-state index contributed by atoms with van der Waals surface area (Å²) in [6.07, 6.45) is 1.48. The van der Waals surface area contributed by atoms with E-state index in [1.54, 1.807) is 12.1 Å². The van der Waals surface area contributed by atoms with Crippen molar-refractivity contribution in [2.24, 2.45) is 0 Å². The number of aryl methyl sites for hydroxylation is 2. The summed E-state index contributed by atoms with van der Waals surface area (Å²) in [6, 6.07) is 16.6. The molecule has 1 atom stereocenters. The molecule has 0 radical (unpaired) electrons. The lowest BCUT2D eigenvalue weighted by Crippen LogP contribution is -2.18. The van der Waals surface area contributed by atoms with Crippen LogP contribution in [-0.2, 0) is 0 Å². The number of amides is 1. The van der Waals surface area contributed by atoms with Gasteiger partial charge in [-0.3, -0.25) is 4.79 Å². The third kappa shape index (κ3) is 4.50. The number of nitrogens with zero attached hydrogens (tertiary/aromatic N) is 1. The Kier molecular flexibility index (Phi) is 6.11. The molecule has 0 aliphatic rings. The van der Waals surface area contributed by atoms with E-state index in [-0.39, 0.29) is 17.7 Å². The standard InChI is InChI=1S/C24H22ClN3O2S/c1-14-8-6-12-20(26-14)27-22(17-9-4-5-10-18(17)25)21-15(2)16(3)31-24(21)28-23(29)19-11-7-13-30-19/h4-13,22H,1-3H3,(H,26,27)(H,28,29)/t22-/m0/s1. The van der Waals surface area contributed by atoms with Gasteiger partial charge in [0.25, 0.3) is 5.91 Å². The number of carbonyl (C=O) groups is 1. The van der Waals surface area contributed by atoms with Crippen LogP contribution in [0.5, 0.6) is 0 Å². The number of rotatable bonds is 6. The molecule has 0 spiro atoms. The molecule has 3 heterocycles. The maximum absolute atomic E-state index is 12.7. The summed E-state index contributed by atoms with van der Waals surface area (Å²) >= 11 is 8.14. The minimum atomic E-state index is -0.306. The highest BCUT2D eigenvalue weighted by Crippen LogP contribution is 2.42. The normalized spacial score (nSPS) is 11.9. The summed E-state index contributed by atoms with van der Waals surface area (Å²) in [7, 11) is 0. The van der Waals surface area contributed by atoms with Crippen LogP contribution in [-0.4, -0.2) is 10.9 Å². The molecule has 2 N–H and O–H groups in total. The quantitative estimate of drug-likeness (QED) is 0.339. The van der Waals surface area contributed by atoms with E-state index in [1.807, 2.05) is 56.3 Å². The van der Waals surface area contributed by atoms with Gasteiger partial charge in [-0.2, -0.15) is 0 Å². The molecule has 4 rings (SSSR count). The first-order chi connectivity index (χ1) is 14.9. The van der Waals surface area contributed by atoms with Crippen LogP contribution in [0.25, 0.3) is 0 Å². The van der Waals surface area contributed by atoms with Gasteiger partial charge in [0.05, 0.1) is 12.3 Å². The fourth-order valence-corrected chi connectivity index (χ4v) is 4.78. The lowest BCUT2D eigenvalue weighted by molar-refractivity contribution is 0.0997. The van der Waals surface area contributed by atoms with Gasteiger partial charge in [-0.05, 0) is 62.2 Å². The lowest BCUT2D eigenvalue weighted by Gasteiger charge is -2.23. The number of furan rings is 1. The van der Waals surface area contributed by atoms with Gasteiger partial charge >= 0.3 is 0 Å². The van der Waals surface area contributed by atoms with Crippen LogP contribution in [0, 0.1) is 20.8 Å². The zero-order chi connectivity index (χ0) is 22.0. The average molecular weight is 452 g/mol. The van der Waals surface area contributed by atoms with Gasteiger partial charge in [0.15, 0.2) is 5.76 Å². The van der Waals surface area contributed by atoms with Crippen LogP contribution in [0.3, 0.4) is 0 Å². The van der Waals surface area contributed by atoms with Crippen LogP contribution >= 0.6 is 22.9 Å². The van der Waals surface area contributed by atoms with Gasteiger partial charge in [0, 0.05) is 21.2 Å². The molecule has 4 aromatic rings. The van der Waals surface area contributed by atoms with Gasteiger partial charge in [0.2, 0.25) is 0 Å². The van der Waals surface area contributed by atoms with Crippen LogP contribution in [0.4, 0.5) is 10.8 Å². The van der Waals surface area contributed by atoms with Crippen LogP contribution in [0.15, 0.2) is 65.3 Å². The summed E-state index contributed by atoms with van der Waals surface area (Å²) < 4.78 is 5.26. The minimum absolute atomic E-state index is 0.261. The number of aromatic nitrogens is 1. The Labute approximate surface area is 190 Å². The Morgan fingerprint density at radius 2 is 1.87 bits per heavy atom. The Bertz CT molecular complexity index is 1220. The van der Waals surface area contributed by atoms with Crippen molar-refractivity contribution in [3.05, 3.63) is 98.9 Å². The molecule has 1 aromatic carbocycles. The molecule has 31 heavy (non-hydrogen) atoms. The second-order valence-electron chi connectivity index (χ2n) is 7.22. The topological polar surface area (TPSA) is 67.2 Å². The molecule has 5 nitrogen and oxygen atoms in total. The van der Waals surface area contributed by atoms with Crippen molar-refractivity contribution < 1.29 is 9.21 Å². The van der Waals surface area contributed by atoms with Gasteiger partial charge < -0.3 is 15.1 Å². The van der Waals surface area contributed by atoms with E-state index in [2.05, 4.69) is 22.5 Å². The molecule has 0 fully saturated rings. The maximum atomic E-state index is 12.7. The Hall–Kier alpha value is -3.09. The number of halogens is 1. The summed E-state index contributed by atoms with van der Waals surface area (Å²) in [6.45, 7) is 6.05. The maximum Gasteiger partial charge on any atom is 0.291 e. The monoisotopic (exact) mass is 451 g/mol. The van der Waals surface area contributed by atoms with Crippen molar-refractivity contribution in [3.8, 4) is 0 Å². The highest BCUT2D eigenvalue weighted by Gasteiger charge is 2.27. The summed E-state index contributed by atoms with van der Waals surface area (Å²) in [5, 5.41) is 7.95. The molecule has 7 heteroatoms.